The molecule has 86 valence electrons. The highest BCUT2D eigenvalue weighted by Gasteiger charge is 2.28. The average Bonchev–Trinajstić information content (AvgIpc) is 3.07. The van der Waals surface area contributed by atoms with Crippen LogP contribution in [0.1, 0.15) is 41.9 Å². The number of Topliss-reactive ketones (excluding diaryl/α,β-unsaturated/α-hetero) is 1. The van der Waals surface area contributed by atoms with E-state index in [1.54, 1.807) is 6.92 Å². The SMILES string of the molecule is CC(=O)c1ccc(-n2ccnc2C2CC2)cc1. The minimum atomic E-state index is 0.101. The van der Waals surface area contributed by atoms with Crippen molar-refractivity contribution in [2.24, 2.45) is 0 Å². The topological polar surface area (TPSA) is 34.9 Å². The zero-order valence-electron chi connectivity index (χ0n) is 9.76. The summed E-state index contributed by atoms with van der Waals surface area (Å²) < 4.78 is 2.11. The predicted molar refractivity (Wildman–Crippen MR) is 65.5 cm³/mol. The molecule has 0 radical (unpaired) electrons. The summed E-state index contributed by atoms with van der Waals surface area (Å²) >= 11 is 0. The van der Waals surface area contributed by atoms with Crippen LogP contribution in [0.3, 0.4) is 0 Å². The second-order valence-electron chi connectivity index (χ2n) is 4.53. The highest BCUT2D eigenvalue weighted by atomic mass is 16.1. The van der Waals surface area contributed by atoms with Crippen LogP contribution in [0.2, 0.25) is 0 Å². The Morgan fingerprint density at radius 2 is 2.00 bits per heavy atom. The largest absolute Gasteiger partial charge is 0.304 e. The Hall–Kier alpha value is -1.90. The first-order valence-electron chi connectivity index (χ1n) is 5.90. The van der Waals surface area contributed by atoms with Crippen molar-refractivity contribution in [3.8, 4) is 5.69 Å². The van der Waals surface area contributed by atoms with Crippen molar-refractivity contribution < 1.29 is 4.79 Å². The van der Waals surface area contributed by atoms with E-state index in [1.807, 2.05) is 36.7 Å². The summed E-state index contributed by atoms with van der Waals surface area (Å²) in [6.45, 7) is 1.59. The van der Waals surface area contributed by atoms with E-state index in [4.69, 9.17) is 0 Å². The van der Waals surface area contributed by atoms with Crippen molar-refractivity contribution in [2.45, 2.75) is 25.7 Å². The van der Waals surface area contributed by atoms with Crippen LogP contribution in [-0.4, -0.2) is 15.3 Å². The zero-order chi connectivity index (χ0) is 11.8. The Bertz CT molecular complexity index is 550. The van der Waals surface area contributed by atoms with Crippen molar-refractivity contribution in [1.82, 2.24) is 9.55 Å². The van der Waals surface area contributed by atoms with Crippen LogP contribution < -0.4 is 0 Å². The number of carbonyl (C=O) groups is 1. The number of hydrogen-bond acceptors (Lipinski definition) is 2. The lowest BCUT2D eigenvalue weighted by atomic mass is 10.1. The fourth-order valence-corrected chi connectivity index (χ4v) is 2.03. The monoisotopic (exact) mass is 226 g/mol. The fourth-order valence-electron chi connectivity index (χ4n) is 2.03. The Labute approximate surface area is 100 Å². The van der Waals surface area contributed by atoms with Crippen molar-refractivity contribution in [3.05, 3.63) is 48.0 Å². The summed E-state index contributed by atoms with van der Waals surface area (Å²) in [7, 11) is 0. The molecule has 0 aliphatic heterocycles. The Balaban J connectivity index is 1.97. The molecule has 2 aromatic rings. The van der Waals surface area contributed by atoms with Gasteiger partial charge in [-0.15, -0.1) is 0 Å². The van der Waals surface area contributed by atoms with E-state index in [1.165, 1.54) is 12.8 Å². The van der Waals surface area contributed by atoms with Gasteiger partial charge in [0.05, 0.1) is 0 Å². The molecule has 0 unspecified atom stereocenters. The third-order valence-corrected chi connectivity index (χ3v) is 3.16. The molecule has 0 amide bonds. The summed E-state index contributed by atoms with van der Waals surface area (Å²) in [4.78, 5) is 15.6. The molecule has 0 spiro atoms. The molecular formula is C14H14N2O. The van der Waals surface area contributed by atoms with Gasteiger partial charge in [0.1, 0.15) is 5.82 Å². The number of imidazole rings is 1. The minimum Gasteiger partial charge on any atom is -0.304 e. The molecule has 0 bridgehead atoms. The molecule has 3 heteroatoms. The second-order valence-corrected chi connectivity index (χ2v) is 4.53. The van der Waals surface area contributed by atoms with Crippen molar-refractivity contribution in [1.29, 1.82) is 0 Å². The molecule has 17 heavy (non-hydrogen) atoms. The van der Waals surface area contributed by atoms with Crippen molar-refractivity contribution in [3.63, 3.8) is 0 Å². The zero-order valence-corrected chi connectivity index (χ0v) is 9.76. The van der Waals surface area contributed by atoms with Gasteiger partial charge in [-0.2, -0.15) is 0 Å². The van der Waals surface area contributed by atoms with Crippen LogP contribution in [0.4, 0.5) is 0 Å². The molecule has 1 aliphatic carbocycles. The highest BCUT2D eigenvalue weighted by Crippen LogP contribution is 2.39. The number of nitrogens with zero attached hydrogens (tertiary/aromatic N) is 2. The number of aromatic nitrogens is 2. The maximum atomic E-state index is 11.2. The van der Waals surface area contributed by atoms with E-state index >= 15 is 0 Å². The first kappa shape index (κ1) is 10.3. The molecule has 3 rings (SSSR count). The van der Waals surface area contributed by atoms with Gasteiger partial charge >= 0.3 is 0 Å². The molecule has 0 saturated heterocycles. The van der Waals surface area contributed by atoms with Crippen molar-refractivity contribution in [2.75, 3.05) is 0 Å². The Kier molecular flexibility index (Phi) is 2.32. The van der Waals surface area contributed by atoms with Gasteiger partial charge in [0.2, 0.25) is 0 Å². The lowest BCUT2D eigenvalue weighted by Gasteiger charge is -2.07. The van der Waals surface area contributed by atoms with E-state index < -0.39 is 0 Å². The van der Waals surface area contributed by atoms with Gasteiger partial charge < -0.3 is 4.57 Å². The highest BCUT2D eigenvalue weighted by molar-refractivity contribution is 5.94. The third-order valence-electron chi connectivity index (χ3n) is 3.16. The van der Waals surface area contributed by atoms with Gasteiger partial charge in [-0.3, -0.25) is 4.79 Å². The van der Waals surface area contributed by atoms with Gasteiger partial charge in [0.15, 0.2) is 5.78 Å². The van der Waals surface area contributed by atoms with Crippen LogP contribution in [0.15, 0.2) is 36.7 Å². The molecule has 1 aromatic heterocycles. The minimum absolute atomic E-state index is 0.101. The molecule has 1 aliphatic rings. The van der Waals surface area contributed by atoms with Gasteiger partial charge in [0.25, 0.3) is 0 Å². The van der Waals surface area contributed by atoms with Gasteiger partial charge in [-0.25, -0.2) is 4.98 Å². The smallest absolute Gasteiger partial charge is 0.159 e. The average molecular weight is 226 g/mol. The third kappa shape index (κ3) is 1.88. The molecule has 1 fully saturated rings. The predicted octanol–water partition coefficient (Wildman–Crippen LogP) is 2.95. The standard InChI is InChI=1S/C14H14N2O/c1-10(17)11-4-6-13(7-5-11)16-9-8-15-14(16)12-2-3-12/h4-9,12H,2-3H2,1H3. The molecule has 3 nitrogen and oxygen atoms in total. The van der Waals surface area contributed by atoms with E-state index in [0.29, 0.717) is 5.92 Å². The maximum absolute atomic E-state index is 11.2. The van der Waals surface area contributed by atoms with E-state index in [9.17, 15) is 4.79 Å². The van der Waals surface area contributed by atoms with Crippen LogP contribution in [0, 0.1) is 0 Å². The molecule has 1 saturated carbocycles. The summed E-state index contributed by atoms with van der Waals surface area (Å²) in [6.07, 6.45) is 6.30. The van der Waals surface area contributed by atoms with Crippen LogP contribution >= 0.6 is 0 Å². The normalized spacial score (nSPS) is 14.9. The molecule has 0 N–H and O–H groups in total. The Morgan fingerprint density at radius 1 is 1.29 bits per heavy atom. The first-order chi connectivity index (χ1) is 8.25. The lowest BCUT2D eigenvalue weighted by Crippen LogP contribution is -1.99. The summed E-state index contributed by atoms with van der Waals surface area (Å²) in [5.41, 5.74) is 1.83. The Morgan fingerprint density at radius 3 is 2.59 bits per heavy atom. The summed E-state index contributed by atoms with van der Waals surface area (Å²) in [5, 5.41) is 0. The van der Waals surface area contributed by atoms with Gasteiger partial charge in [0, 0.05) is 29.6 Å². The van der Waals surface area contributed by atoms with Crippen molar-refractivity contribution >= 4 is 5.78 Å². The fraction of sp³-hybridized carbons (Fsp3) is 0.286. The van der Waals surface area contributed by atoms with Crippen LogP contribution in [-0.2, 0) is 0 Å². The van der Waals surface area contributed by atoms with Gasteiger partial charge in [-0.1, -0.05) is 0 Å². The summed E-state index contributed by atoms with van der Waals surface area (Å²) in [6, 6.07) is 7.69. The molecular weight excluding hydrogens is 212 g/mol. The van der Waals surface area contributed by atoms with E-state index in [0.717, 1.165) is 17.1 Å². The number of carbonyl (C=O) groups excluding carboxylic acids is 1. The van der Waals surface area contributed by atoms with E-state index in [2.05, 4.69) is 9.55 Å². The molecule has 1 aromatic carbocycles. The first-order valence-corrected chi connectivity index (χ1v) is 5.90. The number of hydrogen-bond donors (Lipinski definition) is 0. The maximum Gasteiger partial charge on any atom is 0.159 e. The summed E-state index contributed by atoms with van der Waals surface area (Å²) in [5.74, 6) is 1.86. The molecule has 0 atom stereocenters. The lowest BCUT2D eigenvalue weighted by molar-refractivity contribution is 0.101. The quantitative estimate of drug-likeness (QED) is 0.754. The van der Waals surface area contributed by atoms with E-state index in [-0.39, 0.29) is 5.78 Å². The van der Waals surface area contributed by atoms with Gasteiger partial charge in [-0.05, 0) is 44.0 Å². The second kappa shape index (κ2) is 3.84. The number of rotatable bonds is 3. The number of ketones is 1. The molecule has 1 heterocycles. The van der Waals surface area contributed by atoms with Crippen LogP contribution in [0.25, 0.3) is 5.69 Å². The van der Waals surface area contributed by atoms with Crippen LogP contribution in [0.5, 0.6) is 0 Å². The number of benzene rings is 1.